The highest BCUT2D eigenvalue weighted by atomic mass is 16.5. The second-order valence-corrected chi connectivity index (χ2v) is 6.18. The number of ether oxygens (including phenoxy) is 2. The topological polar surface area (TPSA) is 44.5 Å². The third-order valence-electron chi connectivity index (χ3n) is 4.79. The molecule has 3 nitrogen and oxygen atoms in total. The zero-order valence-corrected chi connectivity index (χ0v) is 11.3. The lowest BCUT2D eigenvalue weighted by Gasteiger charge is -2.44. The molecule has 0 aromatic heterocycles. The van der Waals surface area contributed by atoms with Gasteiger partial charge >= 0.3 is 0 Å². The number of hydrogen-bond donors (Lipinski definition) is 1. The van der Waals surface area contributed by atoms with E-state index in [1.165, 1.54) is 25.7 Å². The second kappa shape index (κ2) is 5.25. The van der Waals surface area contributed by atoms with Crippen molar-refractivity contribution in [3.63, 3.8) is 0 Å². The van der Waals surface area contributed by atoms with Gasteiger partial charge in [-0.25, -0.2) is 0 Å². The van der Waals surface area contributed by atoms with Crippen molar-refractivity contribution in [1.29, 1.82) is 0 Å². The fraction of sp³-hybridized carbons (Fsp3) is 1.00. The highest BCUT2D eigenvalue weighted by Gasteiger charge is 2.44. The Morgan fingerprint density at radius 2 is 2.12 bits per heavy atom. The van der Waals surface area contributed by atoms with Crippen LogP contribution >= 0.6 is 0 Å². The van der Waals surface area contributed by atoms with Crippen molar-refractivity contribution in [1.82, 2.24) is 0 Å². The summed E-state index contributed by atoms with van der Waals surface area (Å²) in [6, 6.07) is 0. The molecule has 1 aliphatic carbocycles. The average molecular weight is 241 g/mol. The summed E-state index contributed by atoms with van der Waals surface area (Å²) in [5.74, 6) is 0.587. The van der Waals surface area contributed by atoms with E-state index in [1.54, 1.807) is 7.11 Å². The van der Waals surface area contributed by atoms with Gasteiger partial charge in [0.2, 0.25) is 0 Å². The smallest absolute Gasteiger partial charge is 0.0685 e. The molecule has 2 N–H and O–H groups in total. The molecule has 17 heavy (non-hydrogen) atoms. The molecule has 0 amide bonds. The molecule has 100 valence electrons. The molecule has 1 saturated carbocycles. The molecule has 2 unspecified atom stereocenters. The molecular formula is C14H27NO2. The molecule has 2 aliphatic rings. The summed E-state index contributed by atoms with van der Waals surface area (Å²) < 4.78 is 11.2. The monoisotopic (exact) mass is 241 g/mol. The van der Waals surface area contributed by atoms with E-state index < -0.39 is 0 Å². The molecule has 0 aromatic carbocycles. The van der Waals surface area contributed by atoms with Crippen molar-refractivity contribution in [3.05, 3.63) is 0 Å². The maximum atomic E-state index is 6.49. The van der Waals surface area contributed by atoms with Crippen LogP contribution in [-0.2, 0) is 9.47 Å². The second-order valence-electron chi connectivity index (χ2n) is 6.18. The zero-order chi connectivity index (χ0) is 12.4. The van der Waals surface area contributed by atoms with Gasteiger partial charge in [-0.05, 0) is 44.9 Å². The zero-order valence-electron chi connectivity index (χ0n) is 11.3. The lowest BCUT2D eigenvalue weighted by molar-refractivity contribution is -0.105. The maximum absolute atomic E-state index is 6.49. The quantitative estimate of drug-likeness (QED) is 0.822. The summed E-state index contributed by atoms with van der Waals surface area (Å²) in [6.07, 6.45) is 8.35. The normalized spacial score (nSPS) is 31.6. The van der Waals surface area contributed by atoms with Crippen LogP contribution in [0.1, 0.15) is 51.9 Å². The van der Waals surface area contributed by atoms with E-state index in [2.05, 4.69) is 6.92 Å². The standard InChI is InChI=1S/C14H27NO2/c1-13(15,8-10-16-2)12-5-9-17-14(11-12)6-3-4-7-14/h12H,3-11,15H2,1-2H3. The molecule has 2 rings (SSSR count). The van der Waals surface area contributed by atoms with E-state index >= 15 is 0 Å². The highest BCUT2D eigenvalue weighted by Crippen LogP contribution is 2.44. The lowest BCUT2D eigenvalue weighted by Crippen LogP contribution is -2.51. The Labute approximate surface area is 105 Å². The van der Waals surface area contributed by atoms with Crippen molar-refractivity contribution in [2.75, 3.05) is 20.3 Å². The van der Waals surface area contributed by atoms with Crippen molar-refractivity contribution in [2.45, 2.75) is 63.0 Å². The number of hydrogen-bond acceptors (Lipinski definition) is 3. The van der Waals surface area contributed by atoms with Gasteiger partial charge in [-0.1, -0.05) is 12.8 Å². The fourth-order valence-corrected chi connectivity index (χ4v) is 3.48. The molecule has 0 bridgehead atoms. The summed E-state index contributed by atoms with van der Waals surface area (Å²) >= 11 is 0. The Morgan fingerprint density at radius 3 is 2.76 bits per heavy atom. The van der Waals surface area contributed by atoms with E-state index in [0.717, 1.165) is 32.5 Å². The van der Waals surface area contributed by atoms with Gasteiger partial charge in [-0.2, -0.15) is 0 Å². The molecule has 1 aliphatic heterocycles. The summed E-state index contributed by atoms with van der Waals surface area (Å²) in [4.78, 5) is 0. The van der Waals surface area contributed by atoms with Crippen LogP contribution in [0, 0.1) is 5.92 Å². The third kappa shape index (κ3) is 3.01. The van der Waals surface area contributed by atoms with E-state index in [0.29, 0.717) is 5.92 Å². The lowest BCUT2D eigenvalue weighted by atomic mass is 9.73. The minimum atomic E-state index is -0.102. The Bertz CT molecular complexity index is 247. The first kappa shape index (κ1) is 13.3. The molecular weight excluding hydrogens is 214 g/mol. The third-order valence-corrected chi connectivity index (χ3v) is 4.79. The predicted octanol–water partition coefficient (Wildman–Crippen LogP) is 2.48. The molecule has 1 saturated heterocycles. The van der Waals surface area contributed by atoms with Crippen LogP contribution in [0.2, 0.25) is 0 Å². The molecule has 0 radical (unpaired) electrons. The maximum Gasteiger partial charge on any atom is 0.0685 e. The summed E-state index contributed by atoms with van der Waals surface area (Å²) in [7, 11) is 1.75. The van der Waals surface area contributed by atoms with Crippen LogP contribution in [0.5, 0.6) is 0 Å². The van der Waals surface area contributed by atoms with Crippen LogP contribution in [0.15, 0.2) is 0 Å². The van der Waals surface area contributed by atoms with Gasteiger partial charge in [0.05, 0.1) is 5.60 Å². The van der Waals surface area contributed by atoms with Crippen LogP contribution in [0.25, 0.3) is 0 Å². The molecule has 2 atom stereocenters. The van der Waals surface area contributed by atoms with Crippen LogP contribution < -0.4 is 5.73 Å². The first-order chi connectivity index (χ1) is 8.08. The van der Waals surface area contributed by atoms with Crippen LogP contribution in [-0.4, -0.2) is 31.5 Å². The highest BCUT2D eigenvalue weighted by molar-refractivity contribution is 4.98. The largest absolute Gasteiger partial charge is 0.385 e. The Balaban J connectivity index is 1.96. The van der Waals surface area contributed by atoms with E-state index in [1.807, 2.05) is 0 Å². The molecule has 2 fully saturated rings. The van der Waals surface area contributed by atoms with Gasteiger partial charge < -0.3 is 15.2 Å². The van der Waals surface area contributed by atoms with Crippen molar-refractivity contribution in [2.24, 2.45) is 11.7 Å². The predicted molar refractivity (Wildman–Crippen MR) is 69.0 cm³/mol. The molecule has 3 heteroatoms. The van der Waals surface area contributed by atoms with E-state index in [9.17, 15) is 0 Å². The van der Waals surface area contributed by atoms with Crippen molar-refractivity contribution in [3.8, 4) is 0 Å². The number of nitrogens with two attached hydrogens (primary N) is 1. The number of methoxy groups -OCH3 is 1. The van der Waals surface area contributed by atoms with Gasteiger partial charge in [0.1, 0.15) is 0 Å². The Morgan fingerprint density at radius 1 is 1.41 bits per heavy atom. The average Bonchev–Trinajstić information content (AvgIpc) is 2.75. The minimum absolute atomic E-state index is 0.102. The van der Waals surface area contributed by atoms with Gasteiger partial charge in [0.15, 0.2) is 0 Å². The van der Waals surface area contributed by atoms with E-state index in [-0.39, 0.29) is 11.1 Å². The van der Waals surface area contributed by atoms with Crippen LogP contribution in [0.4, 0.5) is 0 Å². The molecule has 1 spiro atoms. The van der Waals surface area contributed by atoms with Gasteiger partial charge in [0.25, 0.3) is 0 Å². The fourth-order valence-electron chi connectivity index (χ4n) is 3.48. The van der Waals surface area contributed by atoms with Gasteiger partial charge in [-0.15, -0.1) is 0 Å². The van der Waals surface area contributed by atoms with Gasteiger partial charge in [0, 0.05) is 25.9 Å². The Hall–Kier alpha value is -0.120. The minimum Gasteiger partial charge on any atom is -0.385 e. The first-order valence-corrected chi connectivity index (χ1v) is 7.00. The van der Waals surface area contributed by atoms with Crippen molar-refractivity contribution >= 4 is 0 Å². The van der Waals surface area contributed by atoms with Gasteiger partial charge in [-0.3, -0.25) is 0 Å². The van der Waals surface area contributed by atoms with E-state index in [4.69, 9.17) is 15.2 Å². The molecule has 0 aromatic rings. The number of rotatable bonds is 4. The van der Waals surface area contributed by atoms with Crippen LogP contribution in [0.3, 0.4) is 0 Å². The Kier molecular flexibility index (Phi) is 4.11. The first-order valence-electron chi connectivity index (χ1n) is 7.00. The summed E-state index contributed by atoms with van der Waals surface area (Å²) in [6.45, 7) is 3.84. The summed E-state index contributed by atoms with van der Waals surface area (Å²) in [5.41, 5.74) is 6.57. The van der Waals surface area contributed by atoms with Crippen molar-refractivity contribution < 1.29 is 9.47 Å². The summed E-state index contributed by atoms with van der Waals surface area (Å²) in [5, 5.41) is 0. The SMILES string of the molecule is COCCC(C)(N)C1CCOC2(CCCC2)C1. The molecule has 1 heterocycles.